The highest BCUT2D eigenvalue weighted by Gasteiger charge is 2.09. The third kappa shape index (κ3) is 3.64. The molecule has 2 rings (SSSR count). The van der Waals surface area contributed by atoms with Crippen LogP contribution in [0.4, 0.5) is 0 Å². The molecule has 0 aliphatic rings. The highest BCUT2D eigenvalue weighted by atomic mass is 15.0. The smallest absolute Gasteiger partial charge is 0.0534 e. The maximum atomic E-state index is 4.07. The van der Waals surface area contributed by atoms with E-state index in [1.807, 2.05) is 49.4 Å². The van der Waals surface area contributed by atoms with Crippen molar-refractivity contribution in [2.24, 2.45) is 0 Å². The lowest BCUT2D eigenvalue weighted by Gasteiger charge is -2.11. The van der Waals surface area contributed by atoms with Crippen LogP contribution in [0.25, 0.3) is 22.7 Å². The Morgan fingerprint density at radius 3 is 2.42 bits per heavy atom. The second-order valence-electron chi connectivity index (χ2n) is 5.38. The SMILES string of the molecule is C=CC(=C)C(=C)/C=C(\C=C)n1c(/C=C\C=C/C)cc2ccccc21. The lowest BCUT2D eigenvalue weighted by atomic mass is 10.1. The molecule has 0 N–H and O–H groups in total. The maximum Gasteiger partial charge on any atom is 0.0534 e. The molecule has 2 aromatic rings. The molecule has 120 valence electrons. The summed E-state index contributed by atoms with van der Waals surface area (Å²) in [5.74, 6) is 0. The zero-order valence-corrected chi connectivity index (χ0v) is 14.2. The molecular weight excluding hydrogens is 290 g/mol. The zero-order chi connectivity index (χ0) is 17.5. The van der Waals surface area contributed by atoms with Gasteiger partial charge in [0.05, 0.1) is 5.52 Å². The van der Waals surface area contributed by atoms with Gasteiger partial charge in [0.1, 0.15) is 0 Å². The second-order valence-corrected chi connectivity index (χ2v) is 5.38. The fourth-order valence-corrected chi connectivity index (χ4v) is 2.47. The van der Waals surface area contributed by atoms with E-state index in [1.54, 1.807) is 6.08 Å². The molecule has 0 atom stereocenters. The van der Waals surface area contributed by atoms with E-state index in [4.69, 9.17) is 0 Å². The zero-order valence-electron chi connectivity index (χ0n) is 14.2. The molecule has 0 spiro atoms. The van der Waals surface area contributed by atoms with E-state index >= 15 is 0 Å². The molecule has 1 heteroatoms. The molecule has 0 aliphatic heterocycles. The van der Waals surface area contributed by atoms with Crippen LogP contribution >= 0.6 is 0 Å². The van der Waals surface area contributed by atoms with Crippen LogP contribution in [0.2, 0.25) is 0 Å². The van der Waals surface area contributed by atoms with Crippen molar-refractivity contribution in [3.05, 3.63) is 110 Å². The highest BCUT2D eigenvalue weighted by Crippen LogP contribution is 2.27. The van der Waals surface area contributed by atoms with Crippen molar-refractivity contribution in [3.63, 3.8) is 0 Å². The van der Waals surface area contributed by atoms with Crippen LogP contribution < -0.4 is 0 Å². The Morgan fingerprint density at radius 2 is 1.75 bits per heavy atom. The number of benzene rings is 1. The Morgan fingerprint density at radius 1 is 1.00 bits per heavy atom. The van der Waals surface area contributed by atoms with E-state index in [0.29, 0.717) is 0 Å². The lowest BCUT2D eigenvalue weighted by Crippen LogP contribution is -1.98. The van der Waals surface area contributed by atoms with Gasteiger partial charge in [-0.1, -0.05) is 68.8 Å². The Kier molecular flexibility index (Phi) is 5.75. The molecule has 0 saturated carbocycles. The molecule has 0 radical (unpaired) electrons. The molecular formula is C23H23N. The first kappa shape index (κ1) is 17.3. The third-order valence-electron chi connectivity index (χ3n) is 3.76. The Bertz CT molecular complexity index is 882. The van der Waals surface area contributed by atoms with Crippen molar-refractivity contribution >= 4 is 22.7 Å². The van der Waals surface area contributed by atoms with E-state index in [0.717, 1.165) is 28.1 Å². The summed E-state index contributed by atoms with van der Waals surface area (Å²) in [4.78, 5) is 0. The first-order valence-electron chi connectivity index (χ1n) is 7.87. The minimum atomic E-state index is 0.803. The summed E-state index contributed by atoms with van der Waals surface area (Å²) < 4.78 is 2.17. The number of rotatable bonds is 7. The van der Waals surface area contributed by atoms with Gasteiger partial charge < -0.3 is 4.57 Å². The van der Waals surface area contributed by atoms with E-state index in [-0.39, 0.29) is 0 Å². The van der Waals surface area contributed by atoms with Crippen LogP contribution in [0.1, 0.15) is 12.6 Å². The summed E-state index contributed by atoms with van der Waals surface area (Å²) in [5.41, 5.74) is 4.78. The van der Waals surface area contributed by atoms with E-state index in [1.165, 1.54) is 5.39 Å². The van der Waals surface area contributed by atoms with Gasteiger partial charge in [0.15, 0.2) is 0 Å². The number of nitrogens with zero attached hydrogens (tertiary/aromatic N) is 1. The Labute approximate surface area is 144 Å². The van der Waals surface area contributed by atoms with Crippen molar-refractivity contribution in [3.8, 4) is 0 Å². The van der Waals surface area contributed by atoms with Gasteiger partial charge in [-0.05, 0) is 48.4 Å². The molecule has 0 aliphatic carbocycles. The van der Waals surface area contributed by atoms with Crippen LogP contribution in [0.5, 0.6) is 0 Å². The average molecular weight is 313 g/mol. The number of hydrogen-bond donors (Lipinski definition) is 0. The molecule has 1 heterocycles. The summed E-state index contributed by atoms with van der Waals surface area (Å²) in [6, 6.07) is 10.5. The third-order valence-corrected chi connectivity index (χ3v) is 3.76. The predicted octanol–water partition coefficient (Wildman–Crippen LogP) is 6.56. The van der Waals surface area contributed by atoms with Gasteiger partial charge in [0.25, 0.3) is 0 Å². The van der Waals surface area contributed by atoms with Gasteiger partial charge in [0, 0.05) is 16.8 Å². The summed E-state index contributed by atoms with van der Waals surface area (Å²) in [6.45, 7) is 17.8. The highest BCUT2D eigenvalue weighted by molar-refractivity contribution is 5.89. The van der Waals surface area contributed by atoms with Crippen LogP contribution in [-0.4, -0.2) is 4.57 Å². The monoisotopic (exact) mass is 313 g/mol. The summed E-state index contributed by atoms with van der Waals surface area (Å²) in [6.07, 6.45) is 13.7. The quantitative estimate of drug-likeness (QED) is 0.510. The number of fused-ring (bicyclic) bond motifs is 1. The molecule has 1 aromatic carbocycles. The number of para-hydroxylation sites is 1. The van der Waals surface area contributed by atoms with Crippen molar-refractivity contribution in [1.82, 2.24) is 4.57 Å². The Hall–Kier alpha value is -3.06. The predicted molar refractivity (Wildman–Crippen MR) is 109 cm³/mol. The van der Waals surface area contributed by atoms with E-state index in [2.05, 4.69) is 55.2 Å². The minimum Gasteiger partial charge on any atom is -0.310 e. The number of allylic oxidation sites excluding steroid dienone is 9. The van der Waals surface area contributed by atoms with Gasteiger partial charge in [-0.25, -0.2) is 0 Å². The molecule has 0 saturated heterocycles. The second kappa shape index (κ2) is 7.98. The van der Waals surface area contributed by atoms with Crippen molar-refractivity contribution in [1.29, 1.82) is 0 Å². The van der Waals surface area contributed by atoms with Crippen molar-refractivity contribution in [2.75, 3.05) is 0 Å². The number of hydrogen-bond acceptors (Lipinski definition) is 0. The van der Waals surface area contributed by atoms with Gasteiger partial charge in [-0.3, -0.25) is 0 Å². The van der Waals surface area contributed by atoms with Gasteiger partial charge in [-0.2, -0.15) is 0 Å². The summed E-state index contributed by atoms with van der Waals surface area (Å²) in [5, 5.41) is 1.18. The topological polar surface area (TPSA) is 4.93 Å². The van der Waals surface area contributed by atoms with Crippen LogP contribution in [0.3, 0.4) is 0 Å². The van der Waals surface area contributed by atoms with Gasteiger partial charge in [0.2, 0.25) is 0 Å². The maximum absolute atomic E-state index is 4.07. The fourth-order valence-electron chi connectivity index (χ4n) is 2.47. The van der Waals surface area contributed by atoms with Crippen LogP contribution in [-0.2, 0) is 0 Å². The molecule has 0 amide bonds. The lowest BCUT2D eigenvalue weighted by molar-refractivity contribution is 1.15. The molecule has 1 aromatic heterocycles. The molecule has 0 bridgehead atoms. The summed E-state index contributed by atoms with van der Waals surface area (Å²) >= 11 is 0. The van der Waals surface area contributed by atoms with Crippen molar-refractivity contribution < 1.29 is 0 Å². The number of aromatic nitrogens is 1. The molecule has 0 unspecified atom stereocenters. The van der Waals surface area contributed by atoms with Crippen LogP contribution in [0, 0.1) is 0 Å². The van der Waals surface area contributed by atoms with Crippen LogP contribution in [0.15, 0.2) is 104 Å². The largest absolute Gasteiger partial charge is 0.310 e. The molecule has 1 nitrogen and oxygen atoms in total. The first-order valence-corrected chi connectivity index (χ1v) is 7.87. The van der Waals surface area contributed by atoms with Gasteiger partial charge >= 0.3 is 0 Å². The normalized spacial score (nSPS) is 12.1. The minimum absolute atomic E-state index is 0.803. The fraction of sp³-hybridized carbons (Fsp3) is 0.0435. The Balaban J connectivity index is 2.66. The van der Waals surface area contributed by atoms with Crippen molar-refractivity contribution in [2.45, 2.75) is 6.92 Å². The van der Waals surface area contributed by atoms with E-state index < -0.39 is 0 Å². The molecule has 24 heavy (non-hydrogen) atoms. The standard InChI is InChI=1S/C23H23N/c1-6-9-10-14-22-17-20-13-11-12-15-23(20)24(22)21(8-3)16-19(5)18(4)7-2/h6-17H,2-5H2,1H3/b9-6-,14-10-,21-16+. The van der Waals surface area contributed by atoms with E-state index in [9.17, 15) is 0 Å². The average Bonchev–Trinajstić information content (AvgIpc) is 2.97. The van der Waals surface area contributed by atoms with Gasteiger partial charge in [-0.15, -0.1) is 0 Å². The summed E-state index contributed by atoms with van der Waals surface area (Å²) in [7, 11) is 0. The molecule has 0 fully saturated rings. The first-order chi connectivity index (χ1) is 11.6.